The number of rotatable bonds is 9. The van der Waals surface area contributed by atoms with Gasteiger partial charge in [0, 0.05) is 23.1 Å². The molecule has 2 heterocycles. The first-order valence-electron chi connectivity index (χ1n) is 11.0. The normalized spacial score (nSPS) is 16.6. The quantitative estimate of drug-likeness (QED) is 0.307. The van der Waals surface area contributed by atoms with Crippen molar-refractivity contribution < 1.29 is 23.6 Å². The fraction of sp³-hybridized carbons (Fsp3) is 0.304. The van der Waals surface area contributed by atoms with Crippen LogP contribution in [0, 0.1) is 5.82 Å². The fourth-order valence-electron chi connectivity index (χ4n) is 3.36. The van der Waals surface area contributed by atoms with Gasteiger partial charge in [-0.3, -0.25) is 0 Å². The molecule has 3 aromatic rings. The lowest BCUT2D eigenvalue weighted by molar-refractivity contribution is -0.0989. The summed E-state index contributed by atoms with van der Waals surface area (Å²) in [5.41, 5.74) is 1.49. The largest absolute Gasteiger partial charge is 0.487 e. The smallest absolute Gasteiger partial charge is 0.406 e. The molecule has 1 aliphatic heterocycles. The van der Waals surface area contributed by atoms with Crippen molar-refractivity contribution in [1.82, 2.24) is 9.97 Å². The molecule has 1 fully saturated rings. The second-order valence-corrected chi connectivity index (χ2v) is 9.02. The van der Waals surface area contributed by atoms with Crippen LogP contribution in [0.1, 0.15) is 13.8 Å². The Morgan fingerprint density at radius 2 is 1.97 bits per heavy atom. The van der Waals surface area contributed by atoms with Gasteiger partial charge in [0.15, 0.2) is 17.9 Å². The van der Waals surface area contributed by atoms with Gasteiger partial charge in [-0.25, -0.2) is 9.37 Å². The molecule has 4 N–H and O–H groups in total. The van der Waals surface area contributed by atoms with Crippen LogP contribution in [0.3, 0.4) is 0 Å². The number of nitrogens with one attached hydrogen (secondary N) is 3. The number of ether oxygens (including phenoxy) is 3. The molecule has 0 saturated carbocycles. The third-order valence-corrected chi connectivity index (χ3v) is 5.19. The maximum Gasteiger partial charge on any atom is 0.406 e. The minimum absolute atomic E-state index is 0.0136. The molecular weight excluding hydrogens is 476 g/mol. The maximum atomic E-state index is 14.4. The van der Waals surface area contributed by atoms with Crippen LogP contribution in [0.15, 0.2) is 48.7 Å². The highest BCUT2D eigenvalue weighted by atomic mass is 35.5. The maximum absolute atomic E-state index is 14.4. The van der Waals surface area contributed by atoms with Crippen LogP contribution in [0.5, 0.6) is 5.75 Å². The van der Waals surface area contributed by atoms with Gasteiger partial charge in [-0.2, -0.15) is 4.98 Å². The van der Waals surface area contributed by atoms with E-state index in [-0.39, 0.29) is 24.0 Å². The Labute approximate surface area is 208 Å². The molecule has 1 unspecified atom stereocenters. The highest BCUT2D eigenvalue weighted by Crippen LogP contribution is 2.31. The Morgan fingerprint density at radius 1 is 1.20 bits per heavy atom. The van der Waals surface area contributed by atoms with Gasteiger partial charge in [0.2, 0.25) is 5.95 Å². The van der Waals surface area contributed by atoms with Crippen molar-refractivity contribution in [2.75, 3.05) is 29.1 Å². The molecule has 0 bridgehead atoms. The van der Waals surface area contributed by atoms with Crippen LogP contribution in [-0.2, 0) is 9.47 Å². The van der Waals surface area contributed by atoms with E-state index in [2.05, 4.69) is 25.8 Å². The third kappa shape index (κ3) is 6.95. The summed E-state index contributed by atoms with van der Waals surface area (Å²) in [6.45, 7) is 6.15. The average Bonchev–Trinajstić information content (AvgIpc) is 3.15. The molecule has 1 aliphatic rings. The van der Waals surface area contributed by atoms with Crippen LogP contribution in [0.2, 0.25) is 11.8 Å². The Bertz CT molecular complexity index is 1190. The molecule has 4 rings (SSSR count). The molecule has 1 atom stereocenters. The van der Waals surface area contributed by atoms with Crippen molar-refractivity contribution in [2.24, 2.45) is 0 Å². The summed E-state index contributed by atoms with van der Waals surface area (Å²) in [5, 5.41) is 18.7. The van der Waals surface area contributed by atoms with Crippen molar-refractivity contribution in [3.05, 3.63) is 59.5 Å². The monoisotopic (exact) mass is 501 g/mol. The predicted octanol–water partition coefficient (Wildman–Crippen LogP) is 4.81. The molecule has 9 nitrogen and oxygen atoms in total. The van der Waals surface area contributed by atoms with Crippen LogP contribution < -0.4 is 20.6 Å². The van der Waals surface area contributed by atoms with Crippen molar-refractivity contribution >= 4 is 47.5 Å². The van der Waals surface area contributed by atoms with E-state index >= 15 is 0 Å². The Balaban J connectivity index is 1.44. The van der Waals surface area contributed by atoms with Crippen molar-refractivity contribution in [1.29, 1.82) is 0 Å². The molecular formula is C23H26BClFN5O4. The number of benzene rings is 2. The predicted molar refractivity (Wildman–Crippen MR) is 134 cm³/mol. The zero-order valence-electron chi connectivity index (χ0n) is 19.5. The number of hydrogen-bond acceptors (Lipinski definition) is 9. The summed E-state index contributed by atoms with van der Waals surface area (Å²) >= 11 is 6.28. The van der Waals surface area contributed by atoms with Gasteiger partial charge in [0.25, 0.3) is 0 Å². The van der Waals surface area contributed by atoms with Gasteiger partial charge in [-0.15, -0.1) is 0 Å². The molecule has 0 radical (unpaired) electrons. The van der Waals surface area contributed by atoms with Gasteiger partial charge in [-0.05, 0) is 51.0 Å². The highest BCUT2D eigenvalue weighted by Gasteiger charge is 2.33. The van der Waals surface area contributed by atoms with E-state index in [9.17, 15) is 9.41 Å². The van der Waals surface area contributed by atoms with Crippen molar-refractivity contribution in [3.8, 4) is 5.75 Å². The molecule has 1 aromatic heterocycles. The van der Waals surface area contributed by atoms with Gasteiger partial charge in [0.05, 0.1) is 23.4 Å². The summed E-state index contributed by atoms with van der Waals surface area (Å²) in [6, 6.07) is 12.1. The molecule has 184 valence electrons. The minimum Gasteiger partial charge on any atom is -0.487 e. The topological polar surface area (TPSA) is 110 Å². The SMILES string of the molecule is CB(O)Nc1cccc(Nc2nc(Nc3ccc(Cl)c(OCC4OCC(C)(C)O4)c3)ncc2F)c1. The lowest BCUT2D eigenvalue weighted by Gasteiger charge is -2.17. The number of anilines is 5. The highest BCUT2D eigenvalue weighted by molar-refractivity contribution is 6.52. The van der Waals surface area contributed by atoms with Crippen LogP contribution in [0.4, 0.5) is 33.2 Å². The van der Waals surface area contributed by atoms with Crippen molar-refractivity contribution in [3.63, 3.8) is 0 Å². The molecule has 2 aromatic carbocycles. The first-order chi connectivity index (χ1) is 16.7. The minimum atomic E-state index is -0.727. The van der Waals surface area contributed by atoms with E-state index < -0.39 is 19.2 Å². The number of halogens is 2. The first kappa shape index (κ1) is 25.0. The summed E-state index contributed by atoms with van der Waals surface area (Å²) in [5.74, 6) is -0.0366. The standard InChI is InChI=1S/C23H26BClFN5O4/c1-23(2)13-34-20(35-23)12-33-19-10-15(7-8-17(19)25)29-22-27-11-18(26)21(30-22)28-14-5-4-6-16(9-14)31-24(3)32/h4-11,20,31-32H,12-13H2,1-3H3,(H2,27,28,29,30). The van der Waals surface area contributed by atoms with E-state index in [1.807, 2.05) is 13.8 Å². The summed E-state index contributed by atoms with van der Waals surface area (Å²) in [6.07, 6.45) is 0.584. The van der Waals surface area contributed by atoms with E-state index in [1.165, 1.54) is 0 Å². The molecule has 35 heavy (non-hydrogen) atoms. The fourth-order valence-corrected chi connectivity index (χ4v) is 3.53. The van der Waals surface area contributed by atoms with E-state index in [1.54, 1.807) is 49.3 Å². The lowest BCUT2D eigenvalue weighted by Crippen LogP contribution is -2.25. The van der Waals surface area contributed by atoms with Crippen LogP contribution >= 0.6 is 11.6 Å². The second-order valence-electron chi connectivity index (χ2n) is 8.62. The average molecular weight is 502 g/mol. The zero-order chi connectivity index (χ0) is 25.0. The van der Waals surface area contributed by atoms with Gasteiger partial charge in [0.1, 0.15) is 12.4 Å². The van der Waals surface area contributed by atoms with E-state index in [4.69, 9.17) is 25.8 Å². The second kappa shape index (κ2) is 10.7. The van der Waals surface area contributed by atoms with Gasteiger partial charge < -0.3 is 35.1 Å². The number of aromatic nitrogens is 2. The van der Waals surface area contributed by atoms with Crippen molar-refractivity contribution in [2.45, 2.75) is 32.6 Å². The molecule has 0 aliphatic carbocycles. The summed E-state index contributed by atoms with van der Waals surface area (Å²) < 4.78 is 31.5. The molecule has 1 saturated heterocycles. The lowest BCUT2D eigenvalue weighted by atomic mass is 9.88. The molecule has 0 amide bonds. The molecule has 0 spiro atoms. The van der Waals surface area contributed by atoms with Gasteiger partial charge >= 0.3 is 7.05 Å². The van der Waals surface area contributed by atoms with Gasteiger partial charge in [-0.1, -0.05) is 17.7 Å². The Hall–Kier alpha value is -3.12. The Morgan fingerprint density at radius 3 is 2.71 bits per heavy atom. The summed E-state index contributed by atoms with van der Waals surface area (Å²) in [7, 11) is -0.727. The number of hydrogen-bond donors (Lipinski definition) is 4. The summed E-state index contributed by atoms with van der Waals surface area (Å²) in [4.78, 5) is 8.25. The van der Waals surface area contributed by atoms with E-state index in [0.717, 1.165) is 6.20 Å². The zero-order valence-corrected chi connectivity index (χ0v) is 20.3. The third-order valence-electron chi connectivity index (χ3n) is 4.87. The molecule has 12 heteroatoms. The number of nitrogens with zero attached hydrogens (tertiary/aromatic N) is 2. The van der Waals surface area contributed by atoms with Crippen LogP contribution in [0.25, 0.3) is 0 Å². The Kier molecular flexibility index (Phi) is 7.61. The first-order valence-corrected chi connectivity index (χ1v) is 11.4. The van der Waals surface area contributed by atoms with E-state index in [0.29, 0.717) is 34.4 Å². The van der Waals surface area contributed by atoms with Crippen LogP contribution in [-0.4, -0.2) is 47.1 Å².